The van der Waals surface area contributed by atoms with Gasteiger partial charge in [-0.3, -0.25) is 9.59 Å². The van der Waals surface area contributed by atoms with Gasteiger partial charge in [0.15, 0.2) is 11.6 Å². The van der Waals surface area contributed by atoms with Gasteiger partial charge in [0.2, 0.25) is 5.60 Å². The second-order valence-electron chi connectivity index (χ2n) is 14.2. The minimum absolute atomic E-state index is 0.0479. The number of hydrogen-bond acceptors (Lipinski definition) is 3. The molecule has 0 fully saturated rings. The Hall–Kier alpha value is -0.310. The molecule has 0 saturated heterocycles. The minimum atomic E-state index is -1.37. The number of carbonyl (C=O) groups is 2. The van der Waals surface area contributed by atoms with E-state index in [2.05, 4.69) is 23.3 Å². The monoisotopic (exact) mass is 612 g/mol. The van der Waals surface area contributed by atoms with Gasteiger partial charge in [0.25, 0.3) is 0 Å². The first-order valence-electron chi connectivity index (χ1n) is 18.4. The van der Waals surface area contributed by atoms with E-state index < -0.39 is 5.60 Å². The van der Waals surface area contributed by atoms with Gasteiger partial charge in [-0.2, -0.15) is 0 Å². The molecule has 0 aromatic carbocycles. The molecule has 0 atom stereocenters. The maximum absolute atomic E-state index is 13.5. The van der Waals surface area contributed by atoms with Crippen molar-refractivity contribution >= 4 is 21.0 Å². The summed E-state index contributed by atoms with van der Waals surface area (Å²) in [6.07, 6.45) is 34.1. The number of carbonyl (C=O) groups excluding carboxylic acids is 2. The predicted molar refractivity (Wildman–Crippen MR) is 186 cm³/mol. The average Bonchev–Trinajstić information content (AvgIpc) is 2.95. The maximum atomic E-state index is 13.5. The fraction of sp³-hybridized carbons (Fsp3) is 0.946. The number of ketones is 2. The predicted octanol–water partition coefficient (Wildman–Crippen LogP) is 11.6. The highest BCUT2D eigenvalue weighted by Crippen LogP contribution is 2.27. The van der Waals surface area contributed by atoms with E-state index in [-0.39, 0.29) is 11.6 Å². The molecule has 0 heterocycles. The van der Waals surface area contributed by atoms with Crippen LogP contribution >= 0.6 is 9.47 Å². The highest BCUT2D eigenvalue weighted by atomic mass is 31.0. The first-order valence-corrected chi connectivity index (χ1v) is 18.9. The normalized spacial score (nSPS) is 12.2. The van der Waals surface area contributed by atoms with Crippen molar-refractivity contribution < 1.29 is 18.6 Å². The number of Topliss-reactive ketones (excluding diaryl/α,β-unsaturated/α-hetero) is 2. The number of likely N-dealkylation sites (N-methyl/N-ethyl adjacent to an activating group) is 1. The number of rotatable bonds is 33. The Labute approximate surface area is 266 Å². The van der Waals surface area contributed by atoms with Gasteiger partial charge in [0.1, 0.15) is 6.54 Å². The van der Waals surface area contributed by atoms with E-state index in [0.29, 0.717) is 23.9 Å². The maximum Gasteiger partial charge on any atom is 0.204 e. The Morgan fingerprint density at radius 2 is 0.714 bits per heavy atom. The quantitative estimate of drug-likeness (QED) is 0.0321. The van der Waals surface area contributed by atoms with Gasteiger partial charge in [0.05, 0.1) is 21.1 Å². The topological polar surface area (TPSA) is 43.4 Å². The van der Waals surface area contributed by atoms with Gasteiger partial charge < -0.3 is 18.5 Å². The third-order valence-corrected chi connectivity index (χ3v) is 9.14. The Morgan fingerprint density at radius 1 is 0.476 bits per heavy atom. The average molecular weight is 612 g/mol. The Bertz CT molecular complexity index is 589. The fourth-order valence-electron chi connectivity index (χ4n) is 6.16. The minimum Gasteiger partial charge on any atom is -0.541 e. The molecule has 0 aliphatic heterocycles. The van der Waals surface area contributed by atoms with Crippen molar-refractivity contribution in [2.24, 2.45) is 0 Å². The van der Waals surface area contributed by atoms with E-state index in [4.69, 9.17) is 4.52 Å². The first kappa shape index (κ1) is 41.7. The van der Waals surface area contributed by atoms with Crippen molar-refractivity contribution in [2.75, 3.05) is 27.7 Å². The number of hydrogen-bond donors (Lipinski definition) is 0. The fourth-order valence-corrected chi connectivity index (χ4v) is 6.45. The molecule has 0 rings (SSSR count). The van der Waals surface area contributed by atoms with Gasteiger partial charge in [0, 0.05) is 12.8 Å². The van der Waals surface area contributed by atoms with Crippen molar-refractivity contribution in [2.45, 2.75) is 199 Å². The first-order chi connectivity index (χ1) is 20.2. The van der Waals surface area contributed by atoms with Crippen molar-refractivity contribution in [1.29, 1.82) is 0 Å². The van der Waals surface area contributed by atoms with Crippen molar-refractivity contribution in [1.82, 2.24) is 0 Å². The highest BCUT2D eigenvalue weighted by Gasteiger charge is 2.46. The van der Waals surface area contributed by atoms with Crippen molar-refractivity contribution in [3.8, 4) is 0 Å². The molecule has 0 radical (unpaired) electrons. The summed E-state index contributed by atoms with van der Waals surface area (Å²) in [5.74, 6) is -0.0957. The van der Waals surface area contributed by atoms with E-state index in [1.807, 2.05) is 21.1 Å². The van der Waals surface area contributed by atoms with Crippen LogP contribution in [0.5, 0.6) is 0 Å². The summed E-state index contributed by atoms with van der Waals surface area (Å²) in [6, 6.07) is 0. The molecule has 0 aromatic rings. The third-order valence-electron chi connectivity index (χ3n) is 8.79. The summed E-state index contributed by atoms with van der Waals surface area (Å²) in [4.78, 5) is 26.9. The molecule has 42 heavy (non-hydrogen) atoms. The second kappa shape index (κ2) is 28.2. The SMILES string of the molecule is CCCCCCCCCCCCCCCC(=O)C(C[N+](C)(C)C)(O[PH-])C(=O)CCCCCCCCCCCCCCC. The smallest absolute Gasteiger partial charge is 0.204 e. The molecule has 250 valence electrons. The van der Waals surface area contributed by atoms with Crippen LogP contribution in [0, 0.1) is 0 Å². The van der Waals surface area contributed by atoms with Gasteiger partial charge in [-0.05, 0) is 12.8 Å². The Kier molecular flexibility index (Phi) is 28.0. The van der Waals surface area contributed by atoms with Crippen LogP contribution in [0.15, 0.2) is 0 Å². The molecule has 0 saturated carbocycles. The highest BCUT2D eigenvalue weighted by molar-refractivity contribution is 7.10. The zero-order valence-corrected chi connectivity index (χ0v) is 30.2. The number of nitrogens with zero attached hydrogens (tertiary/aromatic N) is 1. The summed E-state index contributed by atoms with van der Waals surface area (Å²) in [5.41, 5.74) is -1.37. The molecule has 4 nitrogen and oxygen atoms in total. The van der Waals surface area contributed by atoms with Crippen molar-refractivity contribution in [3.05, 3.63) is 0 Å². The molecule has 0 N–H and O–H groups in total. The molecule has 0 spiro atoms. The number of quaternary nitrogens is 1. The van der Waals surface area contributed by atoms with E-state index in [1.165, 1.54) is 141 Å². The second-order valence-corrected chi connectivity index (χ2v) is 14.4. The third kappa shape index (κ3) is 23.1. The Balaban J connectivity index is 4.25. The molecule has 0 aromatic heterocycles. The van der Waals surface area contributed by atoms with Gasteiger partial charge in [-0.25, -0.2) is 0 Å². The summed E-state index contributed by atoms with van der Waals surface area (Å²) < 4.78 is 6.17. The van der Waals surface area contributed by atoms with Crippen LogP contribution in [0.2, 0.25) is 0 Å². The molecular weight excluding hydrogens is 537 g/mol. The summed E-state index contributed by atoms with van der Waals surface area (Å²) in [7, 11) is 9.27. The lowest BCUT2D eigenvalue weighted by atomic mass is 9.86. The molecular formula is C37H74NO3P. The van der Waals surface area contributed by atoms with E-state index in [0.717, 1.165) is 25.7 Å². The zero-order chi connectivity index (χ0) is 31.4. The van der Waals surface area contributed by atoms with Crippen LogP contribution in [-0.4, -0.2) is 49.3 Å². The van der Waals surface area contributed by atoms with Crippen LogP contribution in [-0.2, 0) is 14.1 Å². The van der Waals surface area contributed by atoms with Crippen LogP contribution in [0.25, 0.3) is 0 Å². The van der Waals surface area contributed by atoms with E-state index in [9.17, 15) is 9.59 Å². The van der Waals surface area contributed by atoms with Gasteiger partial charge >= 0.3 is 0 Å². The van der Waals surface area contributed by atoms with Crippen LogP contribution in [0.1, 0.15) is 194 Å². The standard InChI is InChI=1S/C37H74NO3P/c1-6-8-10-12-14-16-18-20-22-24-26-28-30-32-35(39)37(41-42,34-38(3,4)5)36(40)33-31-29-27-25-23-21-19-17-15-13-11-9-7-2/h42H,6-34H2,1-5H3. The lowest BCUT2D eigenvalue weighted by Crippen LogP contribution is -2.58. The van der Waals surface area contributed by atoms with E-state index >= 15 is 0 Å². The number of unbranched alkanes of at least 4 members (excludes halogenated alkanes) is 24. The largest absolute Gasteiger partial charge is 0.541 e. The van der Waals surface area contributed by atoms with Crippen LogP contribution in [0.3, 0.4) is 0 Å². The molecule has 0 unspecified atom stereocenters. The summed E-state index contributed by atoms with van der Waals surface area (Å²) >= 11 is 0. The molecule has 0 aliphatic rings. The Morgan fingerprint density at radius 3 is 0.929 bits per heavy atom. The lowest BCUT2D eigenvalue weighted by molar-refractivity contribution is -0.873. The molecule has 0 bridgehead atoms. The zero-order valence-electron chi connectivity index (χ0n) is 29.2. The van der Waals surface area contributed by atoms with E-state index in [1.54, 1.807) is 0 Å². The molecule has 5 heteroatoms. The van der Waals surface area contributed by atoms with Crippen LogP contribution < -0.4 is 0 Å². The molecule has 0 aliphatic carbocycles. The van der Waals surface area contributed by atoms with Crippen LogP contribution in [0.4, 0.5) is 0 Å². The molecule has 0 amide bonds. The lowest BCUT2D eigenvalue weighted by Gasteiger charge is -2.39. The van der Waals surface area contributed by atoms with Gasteiger partial charge in [-0.15, -0.1) is 0 Å². The van der Waals surface area contributed by atoms with Crippen molar-refractivity contribution in [3.63, 3.8) is 0 Å². The summed E-state index contributed by atoms with van der Waals surface area (Å²) in [6.45, 7) is 4.91. The summed E-state index contributed by atoms with van der Waals surface area (Å²) in [5, 5.41) is 0. The van der Waals surface area contributed by atoms with Gasteiger partial charge in [-0.1, -0.05) is 168 Å².